The van der Waals surface area contributed by atoms with Gasteiger partial charge >= 0.3 is 5.97 Å². The standard InChI is InChI=1S/C31H34N2O3/c1-31(2,3)23-15-17-26-25(20-23)24(29(33-26)22-13-9-6-10-14-22)16-18-28(34)32-27(30(35)36-4)19-21-11-7-5-8-12-21/h5-15,17,20,27,33H,16,18-19H2,1-4H3,(H,32,34). The van der Waals surface area contributed by atoms with Crippen LogP contribution in [0, 0.1) is 0 Å². The van der Waals surface area contributed by atoms with E-state index in [0.29, 0.717) is 12.8 Å². The second-order valence-corrected chi connectivity index (χ2v) is 10.2. The summed E-state index contributed by atoms with van der Waals surface area (Å²) in [4.78, 5) is 29.0. The van der Waals surface area contributed by atoms with Crippen LogP contribution in [0.1, 0.15) is 43.9 Å². The molecule has 0 aliphatic carbocycles. The number of esters is 1. The number of nitrogens with one attached hydrogen (secondary N) is 2. The van der Waals surface area contributed by atoms with E-state index in [-0.39, 0.29) is 17.7 Å². The second-order valence-electron chi connectivity index (χ2n) is 10.2. The van der Waals surface area contributed by atoms with E-state index >= 15 is 0 Å². The quantitative estimate of drug-likeness (QED) is 0.304. The van der Waals surface area contributed by atoms with Crippen molar-refractivity contribution in [1.82, 2.24) is 10.3 Å². The van der Waals surface area contributed by atoms with Crippen molar-refractivity contribution in [2.24, 2.45) is 0 Å². The molecule has 1 heterocycles. The van der Waals surface area contributed by atoms with Crippen molar-refractivity contribution in [1.29, 1.82) is 0 Å². The van der Waals surface area contributed by atoms with Gasteiger partial charge in [-0.25, -0.2) is 4.79 Å². The van der Waals surface area contributed by atoms with Crippen molar-refractivity contribution >= 4 is 22.8 Å². The Kier molecular flexibility index (Phi) is 7.58. The summed E-state index contributed by atoms with van der Waals surface area (Å²) in [7, 11) is 1.34. The predicted octanol–water partition coefficient (Wildman–Crippen LogP) is 5.97. The Bertz CT molecular complexity index is 1340. The van der Waals surface area contributed by atoms with Crippen LogP contribution < -0.4 is 5.32 Å². The molecule has 0 saturated carbocycles. The van der Waals surface area contributed by atoms with Gasteiger partial charge in [-0.15, -0.1) is 0 Å². The van der Waals surface area contributed by atoms with E-state index in [1.54, 1.807) is 0 Å². The molecule has 1 atom stereocenters. The molecule has 0 saturated heterocycles. The number of fused-ring (bicyclic) bond motifs is 1. The number of ether oxygens (including phenoxy) is 1. The molecule has 1 amide bonds. The average molecular weight is 483 g/mol. The lowest BCUT2D eigenvalue weighted by atomic mass is 9.86. The van der Waals surface area contributed by atoms with Crippen LogP contribution in [0.3, 0.4) is 0 Å². The van der Waals surface area contributed by atoms with Gasteiger partial charge in [-0.2, -0.15) is 0 Å². The number of hydrogen-bond acceptors (Lipinski definition) is 3. The highest BCUT2D eigenvalue weighted by Gasteiger charge is 2.23. The largest absolute Gasteiger partial charge is 0.467 e. The highest BCUT2D eigenvalue weighted by atomic mass is 16.5. The van der Waals surface area contributed by atoms with E-state index in [0.717, 1.165) is 33.3 Å². The number of aromatic amines is 1. The lowest BCUT2D eigenvalue weighted by Gasteiger charge is -2.19. The fraction of sp³-hybridized carbons (Fsp3) is 0.290. The molecule has 0 aliphatic rings. The Balaban J connectivity index is 1.59. The van der Waals surface area contributed by atoms with E-state index in [4.69, 9.17) is 4.74 Å². The summed E-state index contributed by atoms with van der Waals surface area (Å²) in [6.07, 6.45) is 1.19. The number of carbonyl (C=O) groups is 2. The lowest BCUT2D eigenvalue weighted by molar-refractivity contribution is -0.145. The normalized spacial score (nSPS) is 12.3. The summed E-state index contributed by atoms with van der Waals surface area (Å²) >= 11 is 0. The van der Waals surface area contributed by atoms with Crippen LogP contribution in [0.4, 0.5) is 0 Å². The molecule has 0 bridgehead atoms. The first-order valence-corrected chi connectivity index (χ1v) is 12.4. The van der Waals surface area contributed by atoms with Gasteiger partial charge in [-0.1, -0.05) is 87.5 Å². The molecule has 1 aromatic heterocycles. The maximum Gasteiger partial charge on any atom is 0.328 e. The highest BCUT2D eigenvalue weighted by Crippen LogP contribution is 2.34. The molecular formula is C31H34N2O3. The van der Waals surface area contributed by atoms with Gasteiger partial charge in [0.1, 0.15) is 6.04 Å². The van der Waals surface area contributed by atoms with Crippen LogP contribution in [0.15, 0.2) is 78.9 Å². The fourth-order valence-corrected chi connectivity index (χ4v) is 4.52. The van der Waals surface area contributed by atoms with Crippen LogP contribution in [-0.2, 0) is 32.6 Å². The first-order valence-electron chi connectivity index (χ1n) is 12.4. The molecule has 0 spiro atoms. The Morgan fingerprint density at radius 3 is 2.25 bits per heavy atom. The van der Waals surface area contributed by atoms with Crippen molar-refractivity contribution in [3.8, 4) is 11.3 Å². The summed E-state index contributed by atoms with van der Waals surface area (Å²) in [5, 5.41) is 4.03. The zero-order valence-electron chi connectivity index (χ0n) is 21.4. The van der Waals surface area contributed by atoms with Crippen LogP contribution in [0.5, 0.6) is 0 Å². The van der Waals surface area contributed by atoms with Gasteiger partial charge in [0, 0.05) is 29.4 Å². The third kappa shape index (κ3) is 5.85. The van der Waals surface area contributed by atoms with E-state index in [1.807, 2.05) is 48.5 Å². The third-order valence-electron chi connectivity index (χ3n) is 6.54. The summed E-state index contributed by atoms with van der Waals surface area (Å²) < 4.78 is 4.96. The minimum absolute atomic E-state index is 0.0121. The van der Waals surface area contributed by atoms with Crippen molar-refractivity contribution < 1.29 is 14.3 Å². The monoisotopic (exact) mass is 482 g/mol. The maximum atomic E-state index is 13.0. The van der Waals surface area contributed by atoms with E-state index in [9.17, 15) is 9.59 Å². The molecule has 3 aromatic carbocycles. The Labute approximate surface area is 212 Å². The van der Waals surface area contributed by atoms with E-state index in [1.165, 1.54) is 12.7 Å². The van der Waals surface area contributed by atoms with Crippen molar-refractivity contribution in [2.45, 2.75) is 51.5 Å². The molecule has 4 rings (SSSR count). The maximum absolute atomic E-state index is 13.0. The third-order valence-corrected chi connectivity index (χ3v) is 6.54. The molecule has 5 heteroatoms. The van der Waals surface area contributed by atoms with Gasteiger partial charge in [0.25, 0.3) is 0 Å². The van der Waals surface area contributed by atoms with Gasteiger partial charge in [-0.3, -0.25) is 4.79 Å². The Morgan fingerprint density at radius 1 is 0.944 bits per heavy atom. The minimum atomic E-state index is -0.728. The van der Waals surface area contributed by atoms with Crippen LogP contribution in [0.2, 0.25) is 0 Å². The zero-order valence-corrected chi connectivity index (χ0v) is 21.4. The Hall–Kier alpha value is -3.86. The number of aryl methyl sites for hydroxylation is 1. The number of amides is 1. The predicted molar refractivity (Wildman–Crippen MR) is 145 cm³/mol. The molecule has 186 valence electrons. The number of rotatable bonds is 8. The number of benzene rings is 3. The number of hydrogen-bond donors (Lipinski definition) is 2. The molecule has 0 fully saturated rings. The summed E-state index contributed by atoms with van der Waals surface area (Å²) in [5.74, 6) is -0.624. The first kappa shape index (κ1) is 25.2. The highest BCUT2D eigenvalue weighted by molar-refractivity contribution is 5.92. The lowest BCUT2D eigenvalue weighted by Crippen LogP contribution is -2.43. The molecule has 5 nitrogen and oxygen atoms in total. The number of carbonyl (C=O) groups excluding carboxylic acids is 2. The fourth-order valence-electron chi connectivity index (χ4n) is 4.52. The van der Waals surface area contributed by atoms with Gasteiger partial charge in [0.15, 0.2) is 0 Å². The topological polar surface area (TPSA) is 71.2 Å². The van der Waals surface area contributed by atoms with Crippen LogP contribution in [-0.4, -0.2) is 30.0 Å². The molecule has 36 heavy (non-hydrogen) atoms. The number of aromatic nitrogens is 1. The van der Waals surface area contributed by atoms with Gasteiger partial charge < -0.3 is 15.0 Å². The van der Waals surface area contributed by atoms with Gasteiger partial charge in [-0.05, 0) is 46.2 Å². The zero-order chi connectivity index (χ0) is 25.7. The molecular weight excluding hydrogens is 448 g/mol. The minimum Gasteiger partial charge on any atom is -0.467 e. The summed E-state index contributed by atoms with van der Waals surface area (Å²) in [6.45, 7) is 6.60. The average Bonchev–Trinajstić information content (AvgIpc) is 3.25. The smallest absolute Gasteiger partial charge is 0.328 e. The summed E-state index contributed by atoms with van der Waals surface area (Å²) in [5.41, 5.74) is 6.48. The molecule has 2 N–H and O–H groups in total. The van der Waals surface area contributed by atoms with E-state index < -0.39 is 12.0 Å². The van der Waals surface area contributed by atoms with Crippen molar-refractivity contribution in [3.05, 3.63) is 95.6 Å². The number of methoxy groups -OCH3 is 1. The van der Waals surface area contributed by atoms with Gasteiger partial charge in [0.2, 0.25) is 5.91 Å². The van der Waals surface area contributed by atoms with Crippen molar-refractivity contribution in [3.63, 3.8) is 0 Å². The first-order chi connectivity index (χ1) is 17.3. The van der Waals surface area contributed by atoms with Crippen LogP contribution in [0.25, 0.3) is 22.2 Å². The van der Waals surface area contributed by atoms with E-state index in [2.05, 4.69) is 61.4 Å². The molecule has 0 radical (unpaired) electrons. The van der Waals surface area contributed by atoms with Crippen molar-refractivity contribution in [2.75, 3.05) is 7.11 Å². The molecule has 1 unspecified atom stereocenters. The van der Waals surface area contributed by atoms with Crippen LogP contribution >= 0.6 is 0 Å². The second kappa shape index (κ2) is 10.8. The molecule has 4 aromatic rings. The molecule has 0 aliphatic heterocycles. The van der Waals surface area contributed by atoms with Gasteiger partial charge in [0.05, 0.1) is 7.11 Å². The Morgan fingerprint density at radius 2 is 1.61 bits per heavy atom. The SMILES string of the molecule is COC(=O)C(Cc1ccccc1)NC(=O)CCc1c(-c2ccccc2)[nH]c2ccc(C(C)(C)C)cc12. The summed E-state index contributed by atoms with van der Waals surface area (Å²) in [6, 6.07) is 25.6. The number of H-pyrrole nitrogens is 1.